The Bertz CT molecular complexity index is 1300. The molecule has 0 aliphatic heterocycles. The number of carbonyl (C=O) groups is 1. The molecule has 0 bridgehead atoms. The highest BCUT2D eigenvalue weighted by Gasteiger charge is 2.10. The largest absolute Gasteiger partial charge is 0.322 e. The fourth-order valence-corrected chi connectivity index (χ4v) is 3.23. The molecule has 3 aromatic carbocycles. The lowest BCUT2D eigenvalue weighted by atomic mass is 10.0. The molecule has 0 spiro atoms. The second-order valence-electron chi connectivity index (χ2n) is 6.41. The number of benzene rings is 3. The zero-order chi connectivity index (χ0) is 18.9. The van der Waals surface area contributed by atoms with Crippen LogP contribution in [0.25, 0.3) is 27.7 Å². The lowest BCUT2D eigenvalue weighted by Crippen LogP contribution is -2.12. The van der Waals surface area contributed by atoms with Crippen molar-refractivity contribution in [3.63, 3.8) is 0 Å². The van der Waals surface area contributed by atoms with Crippen LogP contribution in [0.2, 0.25) is 0 Å². The van der Waals surface area contributed by atoms with Gasteiger partial charge in [-0.3, -0.25) is 4.79 Å². The zero-order valence-electron chi connectivity index (χ0n) is 14.8. The van der Waals surface area contributed by atoms with Gasteiger partial charge in [0.15, 0.2) is 5.65 Å². The topological polar surface area (TPSA) is 72.2 Å². The van der Waals surface area contributed by atoms with Crippen LogP contribution in [-0.2, 0) is 0 Å². The number of fused-ring (bicyclic) bond motifs is 2. The van der Waals surface area contributed by atoms with Crippen molar-refractivity contribution in [3.8, 4) is 11.3 Å². The van der Waals surface area contributed by atoms with Gasteiger partial charge in [-0.2, -0.15) is 9.61 Å². The second kappa shape index (κ2) is 6.59. The van der Waals surface area contributed by atoms with E-state index in [1.807, 2.05) is 78.9 Å². The monoisotopic (exact) mass is 365 g/mol. The molecule has 0 saturated carbocycles. The quantitative estimate of drug-likeness (QED) is 0.520. The van der Waals surface area contributed by atoms with E-state index in [4.69, 9.17) is 0 Å². The fourth-order valence-electron chi connectivity index (χ4n) is 3.23. The summed E-state index contributed by atoms with van der Waals surface area (Å²) in [5, 5.41) is 17.2. The van der Waals surface area contributed by atoms with E-state index in [2.05, 4.69) is 20.6 Å². The molecule has 6 heteroatoms. The summed E-state index contributed by atoms with van der Waals surface area (Å²) in [6.45, 7) is 0. The molecule has 0 atom stereocenters. The van der Waals surface area contributed by atoms with Gasteiger partial charge in [-0.05, 0) is 41.1 Å². The Morgan fingerprint density at radius 3 is 2.57 bits per heavy atom. The number of hydrogen-bond donors (Lipinski definition) is 1. The Labute approximate surface area is 160 Å². The number of anilines is 1. The molecular formula is C22H15N5O. The van der Waals surface area contributed by atoms with E-state index < -0.39 is 0 Å². The Balaban J connectivity index is 1.40. The van der Waals surface area contributed by atoms with Crippen LogP contribution in [0.15, 0.2) is 85.2 Å². The first kappa shape index (κ1) is 16.1. The van der Waals surface area contributed by atoms with Crippen LogP contribution in [-0.4, -0.2) is 25.7 Å². The molecule has 6 nitrogen and oxygen atoms in total. The molecule has 0 saturated heterocycles. The molecule has 2 aromatic heterocycles. The van der Waals surface area contributed by atoms with Crippen molar-refractivity contribution >= 4 is 28.0 Å². The Kier molecular flexibility index (Phi) is 3.80. The van der Waals surface area contributed by atoms with Crippen LogP contribution in [0.3, 0.4) is 0 Å². The third-order valence-corrected chi connectivity index (χ3v) is 4.63. The normalized spacial score (nSPS) is 11.0. The molecule has 1 amide bonds. The first-order valence-corrected chi connectivity index (χ1v) is 8.84. The fraction of sp³-hybridized carbons (Fsp3) is 0. The lowest BCUT2D eigenvalue weighted by molar-refractivity contribution is 0.102. The number of aromatic nitrogens is 4. The van der Waals surface area contributed by atoms with Gasteiger partial charge in [0.2, 0.25) is 0 Å². The standard InChI is InChI=1S/C22H15N5O/c28-22(19-7-3-5-15-4-1-2-6-18(15)19)24-17-10-8-16(9-11-17)20-12-13-21-25-23-14-27(21)26-20/h1-14H,(H,24,28). The van der Waals surface area contributed by atoms with Gasteiger partial charge in [-0.1, -0.05) is 48.5 Å². The van der Waals surface area contributed by atoms with E-state index in [0.29, 0.717) is 11.2 Å². The maximum atomic E-state index is 12.8. The van der Waals surface area contributed by atoms with Gasteiger partial charge in [0.05, 0.1) is 5.69 Å². The predicted molar refractivity (Wildman–Crippen MR) is 108 cm³/mol. The average Bonchev–Trinajstić information content (AvgIpc) is 3.22. The summed E-state index contributed by atoms with van der Waals surface area (Å²) in [6, 6.07) is 25.0. The summed E-state index contributed by atoms with van der Waals surface area (Å²) in [7, 11) is 0. The summed E-state index contributed by atoms with van der Waals surface area (Å²) in [5.74, 6) is -0.131. The molecule has 2 heterocycles. The maximum Gasteiger partial charge on any atom is 0.256 e. The van der Waals surface area contributed by atoms with Gasteiger partial charge in [-0.25, -0.2) is 0 Å². The highest BCUT2D eigenvalue weighted by atomic mass is 16.1. The summed E-state index contributed by atoms with van der Waals surface area (Å²) >= 11 is 0. The summed E-state index contributed by atoms with van der Waals surface area (Å²) < 4.78 is 1.63. The van der Waals surface area contributed by atoms with Gasteiger partial charge < -0.3 is 5.32 Å². The number of hydrogen-bond acceptors (Lipinski definition) is 4. The van der Waals surface area contributed by atoms with E-state index in [-0.39, 0.29) is 5.91 Å². The van der Waals surface area contributed by atoms with Crippen LogP contribution >= 0.6 is 0 Å². The minimum atomic E-state index is -0.131. The zero-order valence-corrected chi connectivity index (χ0v) is 14.8. The number of nitrogens with zero attached hydrogens (tertiary/aromatic N) is 4. The molecule has 5 aromatic rings. The van der Waals surface area contributed by atoms with Gasteiger partial charge in [0.1, 0.15) is 6.33 Å². The molecule has 0 aliphatic rings. The molecule has 0 radical (unpaired) electrons. The molecule has 0 unspecified atom stereocenters. The average molecular weight is 365 g/mol. The summed E-state index contributed by atoms with van der Waals surface area (Å²) in [5.41, 5.74) is 3.83. The molecular weight excluding hydrogens is 350 g/mol. The van der Waals surface area contributed by atoms with E-state index >= 15 is 0 Å². The maximum absolute atomic E-state index is 12.8. The lowest BCUT2D eigenvalue weighted by Gasteiger charge is -2.09. The third kappa shape index (κ3) is 2.87. The Morgan fingerprint density at radius 2 is 1.68 bits per heavy atom. The van der Waals surface area contributed by atoms with Crippen molar-refractivity contribution in [2.75, 3.05) is 5.32 Å². The molecule has 1 N–H and O–H groups in total. The van der Waals surface area contributed by atoms with Gasteiger partial charge >= 0.3 is 0 Å². The Morgan fingerprint density at radius 1 is 0.857 bits per heavy atom. The third-order valence-electron chi connectivity index (χ3n) is 4.63. The molecule has 5 rings (SSSR count). The molecule has 0 aliphatic carbocycles. The van der Waals surface area contributed by atoms with Crippen molar-refractivity contribution in [1.82, 2.24) is 19.8 Å². The molecule has 0 fully saturated rings. The van der Waals surface area contributed by atoms with Crippen LogP contribution in [0.5, 0.6) is 0 Å². The van der Waals surface area contributed by atoms with Crippen molar-refractivity contribution in [1.29, 1.82) is 0 Å². The van der Waals surface area contributed by atoms with Crippen molar-refractivity contribution in [2.45, 2.75) is 0 Å². The summed E-state index contributed by atoms with van der Waals surface area (Å²) in [6.07, 6.45) is 1.57. The van der Waals surface area contributed by atoms with E-state index in [1.165, 1.54) is 0 Å². The minimum Gasteiger partial charge on any atom is -0.322 e. The minimum absolute atomic E-state index is 0.131. The number of rotatable bonds is 3. The SMILES string of the molecule is O=C(Nc1ccc(-c2ccc3nncn3n2)cc1)c1cccc2ccccc12. The number of nitrogens with one attached hydrogen (secondary N) is 1. The van der Waals surface area contributed by atoms with Crippen LogP contribution in [0.4, 0.5) is 5.69 Å². The van der Waals surface area contributed by atoms with Gasteiger partial charge in [0, 0.05) is 16.8 Å². The van der Waals surface area contributed by atoms with E-state index in [0.717, 1.165) is 27.7 Å². The first-order valence-electron chi connectivity index (χ1n) is 8.84. The van der Waals surface area contributed by atoms with Crippen molar-refractivity contribution in [3.05, 3.63) is 90.8 Å². The van der Waals surface area contributed by atoms with Crippen molar-refractivity contribution in [2.24, 2.45) is 0 Å². The van der Waals surface area contributed by atoms with Gasteiger partial charge in [-0.15, -0.1) is 10.2 Å². The highest BCUT2D eigenvalue weighted by molar-refractivity contribution is 6.12. The van der Waals surface area contributed by atoms with Gasteiger partial charge in [0.25, 0.3) is 5.91 Å². The number of amides is 1. The second-order valence-corrected chi connectivity index (χ2v) is 6.41. The Hall–Kier alpha value is -4.06. The van der Waals surface area contributed by atoms with Crippen molar-refractivity contribution < 1.29 is 4.79 Å². The van der Waals surface area contributed by atoms with Crippen LogP contribution in [0.1, 0.15) is 10.4 Å². The van der Waals surface area contributed by atoms with E-state index in [1.54, 1.807) is 10.8 Å². The smallest absolute Gasteiger partial charge is 0.256 e. The first-order chi connectivity index (χ1) is 13.8. The molecule has 28 heavy (non-hydrogen) atoms. The molecule has 134 valence electrons. The predicted octanol–water partition coefficient (Wildman–Crippen LogP) is 4.20. The van der Waals surface area contributed by atoms with Crippen LogP contribution < -0.4 is 5.32 Å². The number of carbonyl (C=O) groups excluding carboxylic acids is 1. The van der Waals surface area contributed by atoms with E-state index in [9.17, 15) is 4.79 Å². The summed E-state index contributed by atoms with van der Waals surface area (Å²) in [4.78, 5) is 12.8. The highest BCUT2D eigenvalue weighted by Crippen LogP contribution is 2.22. The van der Waals surface area contributed by atoms with Crippen LogP contribution in [0, 0.1) is 0 Å².